The second kappa shape index (κ2) is 8.45. The van der Waals surface area contributed by atoms with Crippen LogP contribution in [-0.4, -0.2) is 23.4 Å². The molecule has 10 aliphatic rings. The Bertz CT molecular complexity index is 1620. The number of para-hydroxylation sites is 2. The van der Waals surface area contributed by atoms with Crippen molar-refractivity contribution < 1.29 is 19.2 Å². The predicted molar refractivity (Wildman–Crippen MR) is 165 cm³/mol. The molecule has 0 aromatic heterocycles. The SMILES string of the molecule is O=C1C(=C2C(=O)c3ccccc3[N+]2(C(=O)C23CC4CC(CC(C4)C2)C3)C(=O)C23CC4CC(CC(C4)C2)C3)Nc2ccccc21. The number of hydrogen-bond acceptors (Lipinski definition) is 5. The number of imide groups is 1. The second-order valence-corrected chi connectivity index (χ2v) is 16.2. The average molecular weight is 588 g/mol. The predicted octanol–water partition coefficient (Wildman–Crippen LogP) is 7.20. The maximum Gasteiger partial charge on any atom is 0.337 e. The van der Waals surface area contributed by atoms with Crippen molar-refractivity contribution in [3.8, 4) is 0 Å². The maximum absolute atomic E-state index is 16.0. The molecule has 0 radical (unpaired) electrons. The van der Waals surface area contributed by atoms with E-state index in [9.17, 15) is 9.59 Å². The molecule has 0 unspecified atom stereocenters. The molecule has 12 rings (SSSR count). The van der Waals surface area contributed by atoms with Crippen molar-refractivity contribution in [1.82, 2.24) is 4.48 Å². The van der Waals surface area contributed by atoms with Gasteiger partial charge in [0.05, 0.1) is 22.1 Å². The summed E-state index contributed by atoms with van der Waals surface area (Å²) >= 11 is 0. The molecular formula is C38H39N2O4+. The smallest absolute Gasteiger partial charge is 0.337 e. The number of carbonyl (C=O) groups excluding carboxylic acids is 4. The second-order valence-electron chi connectivity index (χ2n) is 16.2. The summed E-state index contributed by atoms with van der Waals surface area (Å²) in [7, 11) is 0. The minimum absolute atomic E-state index is 0.0777. The van der Waals surface area contributed by atoms with Crippen LogP contribution in [0.5, 0.6) is 0 Å². The molecule has 2 aromatic carbocycles. The Kier molecular flexibility index (Phi) is 4.97. The minimum atomic E-state index is -0.685. The lowest BCUT2D eigenvalue weighted by Crippen LogP contribution is -2.70. The quantitative estimate of drug-likeness (QED) is 0.228. The van der Waals surface area contributed by atoms with Gasteiger partial charge in [0.1, 0.15) is 0 Å². The van der Waals surface area contributed by atoms with Crippen molar-refractivity contribution in [3.63, 3.8) is 0 Å². The highest BCUT2D eigenvalue weighted by molar-refractivity contribution is 6.35. The molecule has 2 aliphatic heterocycles. The van der Waals surface area contributed by atoms with E-state index in [1.807, 2.05) is 36.4 Å². The molecule has 2 amide bonds. The van der Waals surface area contributed by atoms with E-state index in [2.05, 4.69) is 5.32 Å². The van der Waals surface area contributed by atoms with Crippen LogP contribution in [0.25, 0.3) is 0 Å². The zero-order valence-electron chi connectivity index (χ0n) is 25.1. The number of nitrogens with one attached hydrogen (secondary N) is 1. The number of rotatable bonds is 2. The van der Waals surface area contributed by atoms with E-state index in [-0.39, 0.29) is 34.8 Å². The molecule has 8 bridgehead atoms. The van der Waals surface area contributed by atoms with Gasteiger partial charge in [-0.05, 0) is 131 Å². The lowest BCUT2D eigenvalue weighted by atomic mass is 9.48. The first-order valence-electron chi connectivity index (χ1n) is 17.1. The summed E-state index contributed by atoms with van der Waals surface area (Å²) in [6, 6.07) is 14.6. The fourth-order valence-corrected chi connectivity index (χ4v) is 12.9. The molecule has 8 fully saturated rings. The first kappa shape index (κ1) is 25.9. The molecule has 0 spiro atoms. The van der Waals surface area contributed by atoms with Crippen molar-refractivity contribution in [2.45, 2.75) is 77.0 Å². The van der Waals surface area contributed by atoms with Gasteiger partial charge in [-0.15, -0.1) is 4.48 Å². The summed E-state index contributed by atoms with van der Waals surface area (Å²) < 4.78 is -0.685. The van der Waals surface area contributed by atoms with Gasteiger partial charge in [0.2, 0.25) is 11.5 Å². The Hall–Kier alpha value is -3.38. The van der Waals surface area contributed by atoms with Crippen LogP contribution in [0.1, 0.15) is 97.8 Å². The highest BCUT2D eigenvalue weighted by Crippen LogP contribution is 2.66. The molecular weight excluding hydrogens is 548 g/mol. The third-order valence-electron chi connectivity index (χ3n) is 13.5. The number of amides is 2. The van der Waals surface area contributed by atoms with E-state index in [4.69, 9.17) is 0 Å². The van der Waals surface area contributed by atoms with Crippen LogP contribution >= 0.6 is 0 Å². The molecule has 2 aromatic rings. The summed E-state index contributed by atoms with van der Waals surface area (Å²) in [6.07, 6.45) is 11.8. The van der Waals surface area contributed by atoms with Crippen molar-refractivity contribution >= 4 is 34.8 Å². The summed E-state index contributed by atoms with van der Waals surface area (Å²) in [6.45, 7) is 0. The molecule has 6 heteroatoms. The van der Waals surface area contributed by atoms with Crippen molar-refractivity contribution in [3.05, 3.63) is 71.1 Å². The fraction of sp³-hybridized carbons (Fsp3) is 0.526. The van der Waals surface area contributed by atoms with Gasteiger partial charge in [-0.1, -0.05) is 24.3 Å². The van der Waals surface area contributed by atoms with Crippen molar-refractivity contribution in [2.75, 3.05) is 5.32 Å². The Morgan fingerprint density at radius 3 is 1.50 bits per heavy atom. The molecule has 1 N–H and O–H groups in total. The maximum atomic E-state index is 16.0. The molecule has 8 aliphatic carbocycles. The van der Waals surface area contributed by atoms with Crippen LogP contribution in [0.4, 0.5) is 11.4 Å². The number of hydrogen-bond donors (Lipinski definition) is 1. The topological polar surface area (TPSA) is 80.3 Å². The number of ketones is 2. The number of nitrogens with zero attached hydrogens (tertiary/aromatic N) is 1. The number of allylic oxidation sites excluding steroid dienone is 2. The molecule has 8 saturated carbocycles. The van der Waals surface area contributed by atoms with Gasteiger partial charge < -0.3 is 5.32 Å². The fourth-order valence-electron chi connectivity index (χ4n) is 12.9. The van der Waals surface area contributed by atoms with Gasteiger partial charge in [0, 0.05) is 11.6 Å². The van der Waals surface area contributed by atoms with E-state index in [1.54, 1.807) is 12.1 Å². The Labute approximate surface area is 257 Å². The van der Waals surface area contributed by atoms with Crippen LogP contribution in [-0.2, 0) is 9.59 Å². The summed E-state index contributed by atoms with van der Waals surface area (Å²) in [5.74, 6) is 2.14. The molecule has 0 saturated heterocycles. The molecule has 6 nitrogen and oxygen atoms in total. The number of carbonyl (C=O) groups is 4. The molecule has 224 valence electrons. The van der Waals surface area contributed by atoms with Crippen molar-refractivity contribution in [1.29, 1.82) is 0 Å². The Balaban J connectivity index is 1.25. The van der Waals surface area contributed by atoms with Gasteiger partial charge in [0.25, 0.3) is 5.78 Å². The van der Waals surface area contributed by atoms with E-state index in [0.29, 0.717) is 58.0 Å². The molecule has 2 heterocycles. The molecule has 44 heavy (non-hydrogen) atoms. The number of Topliss-reactive ketones (excluding diaryl/α,β-unsaturated/α-hetero) is 2. The normalized spacial score (nSPS) is 43.7. The van der Waals surface area contributed by atoms with E-state index < -0.39 is 15.3 Å². The molecule has 0 atom stereocenters. The van der Waals surface area contributed by atoms with Crippen LogP contribution < -0.4 is 9.80 Å². The third kappa shape index (κ3) is 3.11. The highest BCUT2D eigenvalue weighted by atomic mass is 16.2. The lowest BCUT2D eigenvalue weighted by Gasteiger charge is -2.58. The zero-order chi connectivity index (χ0) is 29.6. The van der Waals surface area contributed by atoms with E-state index >= 15 is 9.59 Å². The van der Waals surface area contributed by atoms with Gasteiger partial charge in [-0.3, -0.25) is 9.59 Å². The first-order chi connectivity index (χ1) is 21.3. The van der Waals surface area contributed by atoms with Gasteiger partial charge >= 0.3 is 11.8 Å². The lowest BCUT2D eigenvalue weighted by molar-refractivity contribution is -0.170. The standard InChI is InChI=1S/C38H38N2O4/c41-33-27-5-1-3-7-29(27)39-31(33)32-34(42)28-6-2-4-8-30(28)40(32,35(43)37-15-21-9-22(16-37)11-23(10-21)17-37)36(44)38-18-24-12-25(19-38)14-26(13-24)20-38/h1-8,21-26H,9-20H2/p+1. The van der Waals surface area contributed by atoms with Gasteiger partial charge in [0.15, 0.2) is 11.4 Å². The van der Waals surface area contributed by atoms with Crippen molar-refractivity contribution in [2.24, 2.45) is 46.3 Å². The van der Waals surface area contributed by atoms with Crippen LogP contribution in [0.2, 0.25) is 0 Å². The minimum Gasteiger partial charge on any atom is -0.347 e. The number of quaternary nitrogens is 1. The number of anilines is 1. The number of fused-ring (bicyclic) bond motifs is 2. The average Bonchev–Trinajstić information content (AvgIpc) is 3.46. The Morgan fingerprint density at radius 1 is 0.591 bits per heavy atom. The van der Waals surface area contributed by atoms with Crippen LogP contribution in [0.15, 0.2) is 59.9 Å². The Morgan fingerprint density at radius 2 is 1.02 bits per heavy atom. The highest BCUT2D eigenvalue weighted by Gasteiger charge is 2.73. The largest absolute Gasteiger partial charge is 0.347 e. The third-order valence-corrected chi connectivity index (χ3v) is 13.5. The van der Waals surface area contributed by atoms with E-state index in [1.165, 1.54) is 38.5 Å². The number of benzene rings is 2. The monoisotopic (exact) mass is 587 g/mol. The summed E-state index contributed by atoms with van der Waals surface area (Å²) in [4.78, 5) is 61.1. The first-order valence-corrected chi connectivity index (χ1v) is 17.1. The zero-order valence-corrected chi connectivity index (χ0v) is 25.1. The van der Waals surface area contributed by atoms with Gasteiger partial charge in [-0.2, -0.15) is 0 Å². The summed E-state index contributed by atoms with van der Waals surface area (Å²) in [5.41, 5.74) is 0.920. The van der Waals surface area contributed by atoms with Crippen LogP contribution in [0, 0.1) is 46.3 Å². The summed E-state index contributed by atoms with van der Waals surface area (Å²) in [5, 5.41) is 3.29. The van der Waals surface area contributed by atoms with Crippen LogP contribution in [0.3, 0.4) is 0 Å². The van der Waals surface area contributed by atoms with E-state index in [0.717, 1.165) is 38.5 Å². The van der Waals surface area contributed by atoms with Gasteiger partial charge in [-0.25, -0.2) is 9.59 Å².